The second kappa shape index (κ2) is 10.5. The Hall–Kier alpha value is -5.84. The molecule has 0 bridgehead atoms. The molecule has 6 aromatic rings. The Labute approximate surface area is 232 Å². The first kappa shape index (κ1) is 24.5. The van der Waals surface area contributed by atoms with Gasteiger partial charge in [-0.1, -0.05) is 78.9 Å². The molecule has 40 heavy (non-hydrogen) atoms. The maximum absolute atomic E-state index is 9.98. The third-order valence-corrected chi connectivity index (χ3v) is 7.01. The van der Waals surface area contributed by atoms with Gasteiger partial charge < -0.3 is 10.0 Å². The average molecular weight is 514 g/mol. The lowest BCUT2D eigenvalue weighted by Gasteiger charge is -2.25. The van der Waals surface area contributed by atoms with Crippen LogP contribution in [0, 0.1) is 22.7 Å². The molecule has 6 rings (SSSR count). The van der Waals surface area contributed by atoms with Gasteiger partial charge in [0.15, 0.2) is 0 Å². The van der Waals surface area contributed by atoms with E-state index in [1.807, 2.05) is 84.9 Å². The highest BCUT2D eigenvalue weighted by atomic mass is 16.3. The highest BCUT2D eigenvalue weighted by Gasteiger charge is 2.14. The summed E-state index contributed by atoms with van der Waals surface area (Å²) in [4.78, 5) is 2.14. The molecule has 0 aliphatic heterocycles. The van der Waals surface area contributed by atoms with E-state index in [9.17, 15) is 15.6 Å². The van der Waals surface area contributed by atoms with Crippen molar-refractivity contribution in [2.24, 2.45) is 0 Å². The zero-order valence-corrected chi connectivity index (χ0v) is 21.5. The van der Waals surface area contributed by atoms with Gasteiger partial charge in [-0.15, -0.1) is 0 Å². The van der Waals surface area contributed by atoms with Gasteiger partial charge in [-0.3, -0.25) is 0 Å². The van der Waals surface area contributed by atoms with Crippen molar-refractivity contribution >= 4 is 50.8 Å². The number of hydrogen-bond acceptors (Lipinski definition) is 4. The molecule has 1 N–H and O–H groups in total. The molecule has 0 fully saturated rings. The van der Waals surface area contributed by atoms with Gasteiger partial charge in [-0.2, -0.15) is 10.5 Å². The molecule has 188 valence electrons. The van der Waals surface area contributed by atoms with Crippen molar-refractivity contribution < 1.29 is 5.11 Å². The second-order valence-corrected chi connectivity index (χ2v) is 9.44. The van der Waals surface area contributed by atoms with Gasteiger partial charge in [0.25, 0.3) is 0 Å². The van der Waals surface area contributed by atoms with E-state index < -0.39 is 0 Å². The fraction of sp³-hybridized carbons (Fsp3) is 0. The van der Waals surface area contributed by atoms with Gasteiger partial charge in [0, 0.05) is 38.6 Å². The normalized spacial score (nSPS) is 10.9. The summed E-state index contributed by atoms with van der Waals surface area (Å²) in [6.45, 7) is 0. The molecule has 4 nitrogen and oxygen atoms in total. The van der Waals surface area contributed by atoms with Crippen molar-refractivity contribution in [2.45, 2.75) is 0 Å². The first-order valence-electron chi connectivity index (χ1n) is 12.9. The molecule has 0 radical (unpaired) electrons. The molecule has 6 aromatic carbocycles. The Balaban J connectivity index is 1.35. The maximum Gasteiger partial charge on any atom is 0.115 e. The highest BCUT2D eigenvalue weighted by molar-refractivity contribution is 6.09. The lowest BCUT2D eigenvalue weighted by atomic mass is 9.91. The summed E-state index contributed by atoms with van der Waals surface area (Å²) in [5, 5.41) is 32.8. The molecule has 4 heteroatoms. The zero-order chi connectivity index (χ0) is 27.5. The second-order valence-electron chi connectivity index (χ2n) is 9.44. The number of para-hydroxylation sites is 1. The van der Waals surface area contributed by atoms with Crippen molar-refractivity contribution in [3.05, 3.63) is 144 Å². The van der Waals surface area contributed by atoms with E-state index in [2.05, 4.69) is 53.4 Å². The Bertz CT molecular complexity index is 1960. The van der Waals surface area contributed by atoms with E-state index >= 15 is 0 Å². The SMILES string of the molecule is N#Cc1c2ccccc2c(C#N)c2cc(C=Cc3ccc(N(c4ccccc4)c4ccc(O)cc4)cc3)ccc12. The summed E-state index contributed by atoms with van der Waals surface area (Å²) < 4.78 is 0. The van der Waals surface area contributed by atoms with E-state index in [0.29, 0.717) is 11.1 Å². The summed E-state index contributed by atoms with van der Waals surface area (Å²) in [6, 6.07) is 43.7. The van der Waals surface area contributed by atoms with Gasteiger partial charge in [0.1, 0.15) is 17.9 Å². The van der Waals surface area contributed by atoms with Crippen LogP contribution in [0.4, 0.5) is 17.1 Å². The molecular weight excluding hydrogens is 490 g/mol. The van der Waals surface area contributed by atoms with Crippen molar-refractivity contribution in [1.82, 2.24) is 0 Å². The van der Waals surface area contributed by atoms with Gasteiger partial charge in [0.2, 0.25) is 0 Å². The fourth-order valence-corrected chi connectivity index (χ4v) is 5.09. The minimum Gasteiger partial charge on any atom is -0.508 e. The third-order valence-electron chi connectivity index (χ3n) is 7.01. The van der Waals surface area contributed by atoms with Gasteiger partial charge >= 0.3 is 0 Å². The van der Waals surface area contributed by atoms with Crippen molar-refractivity contribution in [3.8, 4) is 17.9 Å². The average Bonchev–Trinajstić information content (AvgIpc) is 3.01. The standard InChI is InChI=1S/C36H23N3O/c37-23-35-31-8-4-5-9-32(31)36(24-38)34-22-26(14-21-33(34)35)11-10-25-12-15-28(16-13-25)39(27-6-2-1-3-7-27)29-17-19-30(40)20-18-29/h1-22,40H. The number of aromatic hydroxyl groups is 1. The highest BCUT2D eigenvalue weighted by Crippen LogP contribution is 2.36. The molecule has 0 aliphatic carbocycles. The molecular formula is C36H23N3O. The van der Waals surface area contributed by atoms with Gasteiger partial charge in [-0.25, -0.2) is 0 Å². The molecule has 0 atom stereocenters. The van der Waals surface area contributed by atoms with Crippen molar-refractivity contribution in [3.63, 3.8) is 0 Å². The van der Waals surface area contributed by atoms with Crippen molar-refractivity contribution in [1.29, 1.82) is 10.5 Å². The molecule has 0 spiro atoms. The maximum atomic E-state index is 9.98. The van der Waals surface area contributed by atoms with E-state index in [0.717, 1.165) is 49.7 Å². The van der Waals surface area contributed by atoms with Crippen molar-refractivity contribution in [2.75, 3.05) is 4.90 Å². The predicted molar refractivity (Wildman–Crippen MR) is 163 cm³/mol. The summed E-state index contributed by atoms with van der Waals surface area (Å²) in [5.74, 6) is 0.227. The summed E-state index contributed by atoms with van der Waals surface area (Å²) >= 11 is 0. The number of nitriles is 2. The van der Waals surface area contributed by atoms with Crippen LogP contribution in [0.25, 0.3) is 33.7 Å². The molecule has 0 saturated carbocycles. The quantitative estimate of drug-likeness (QED) is 0.184. The third kappa shape index (κ3) is 4.52. The number of rotatable bonds is 5. The molecule has 0 aliphatic rings. The van der Waals surface area contributed by atoms with Gasteiger partial charge in [0.05, 0.1) is 11.1 Å². The lowest BCUT2D eigenvalue weighted by molar-refractivity contribution is 0.475. The largest absolute Gasteiger partial charge is 0.508 e. The summed E-state index contributed by atoms with van der Waals surface area (Å²) in [7, 11) is 0. The van der Waals surface area contributed by atoms with Crippen LogP contribution in [0.5, 0.6) is 5.75 Å². The molecule has 0 heterocycles. The topological polar surface area (TPSA) is 71.0 Å². The van der Waals surface area contributed by atoms with Crippen LogP contribution >= 0.6 is 0 Å². The number of nitrogens with zero attached hydrogens (tertiary/aromatic N) is 3. The number of anilines is 3. The minimum absolute atomic E-state index is 0.227. The number of hydrogen-bond donors (Lipinski definition) is 1. The Morgan fingerprint density at radius 3 is 1.60 bits per heavy atom. The molecule has 0 saturated heterocycles. The monoisotopic (exact) mass is 513 g/mol. The predicted octanol–water partition coefficient (Wildman–Crippen LogP) is 9.08. The van der Waals surface area contributed by atoms with Crippen LogP contribution < -0.4 is 4.90 Å². The lowest BCUT2D eigenvalue weighted by Crippen LogP contribution is -2.09. The number of phenols is 1. The number of fused-ring (bicyclic) bond motifs is 2. The first-order chi connectivity index (χ1) is 19.7. The van der Waals surface area contributed by atoms with E-state index in [4.69, 9.17) is 0 Å². The fourth-order valence-electron chi connectivity index (χ4n) is 5.09. The zero-order valence-electron chi connectivity index (χ0n) is 21.5. The van der Waals surface area contributed by atoms with Crippen LogP contribution in [0.15, 0.2) is 121 Å². The van der Waals surface area contributed by atoms with Crippen LogP contribution in [0.2, 0.25) is 0 Å². The smallest absolute Gasteiger partial charge is 0.115 e. The molecule has 0 unspecified atom stereocenters. The van der Waals surface area contributed by atoms with E-state index in [1.165, 1.54) is 0 Å². The first-order valence-corrected chi connectivity index (χ1v) is 12.9. The number of phenolic OH excluding ortho intramolecular Hbond substituents is 1. The minimum atomic E-state index is 0.227. The van der Waals surface area contributed by atoms with E-state index in [-0.39, 0.29) is 5.75 Å². The number of benzene rings is 6. The summed E-state index contributed by atoms with van der Waals surface area (Å²) in [5.41, 5.74) is 6.11. The molecule has 0 amide bonds. The van der Waals surface area contributed by atoms with Crippen LogP contribution in [0.1, 0.15) is 22.3 Å². The Kier molecular flexibility index (Phi) is 6.43. The Morgan fingerprint density at radius 2 is 0.975 bits per heavy atom. The summed E-state index contributed by atoms with van der Waals surface area (Å²) in [6.07, 6.45) is 4.06. The van der Waals surface area contributed by atoms with Crippen LogP contribution in [-0.2, 0) is 0 Å². The Morgan fingerprint density at radius 1 is 0.500 bits per heavy atom. The molecule has 0 aromatic heterocycles. The van der Waals surface area contributed by atoms with Gasteiger partial charge in [-0.05, 0) is 65.7 Å². The van der Waals surface area contributed by atoms with E-state index in [1.54, 1.807) is 12.1 Å². The van der Waals surface area contributed by atoms with Crippen LogP contribution in [-0.4, -0.2) is 5.11 Å². The van der Waals surface area contributed by atoms with Crippen LogP contribution in [0.3, 0.4) is 0 Å².